The molecule has 0 aromatic heterocycles. The molecule has 0 spiro atoms. The fraction of sp³-hybridized carbons (Fsp3) is 0.429. The van der Waals surface area contributed by atoms with Crippen molar-refractivity contribution < 1.29 is 20.1 Å². The molecule has 5 heteroatoms. The zero-order valence-electron chi connectivity index (χ0n) is 15.7. The van der Waals surface area contributed by atoms with E-state index in [1.807, 2.05) is 57.3 Å². The molecule has 0 aliphatic carbocycles. The van der Waals surface area contributed by atoms with Crippen molar-refractivity contribution in [2.24, 2.45) is 0 Å². The predicted octanol–water partition coefficient (Wildman–Crippen LogP) is 3.24. The quantitative estimate of drug-likeness (QED) is 0.600. The molecule has 0 radical (unpaired) electrons. The van der Waals surface area contributed by atoms with Crippen molar-refractivity contribution in [1.29, 1.82) is 0 Å². The average Bonchev–Trinajstić information content (AvgIpc) is 2.59. The van der Waals surface area contributed by atoms with Crippen LogP contribution in [0.5, 0.6) is 5.75 Å². The normalized spacial score (nSPS) is 11.7. The fourth-order valence-electron chi connectivity index (χ4n) is 2.64. The molecule has 0 aliphatic heterocycles. The highest BCUT2D eigenvalue weighted by molar-refractivity contribution is 5.50. The fourth-order valence-corrected chi connectivity index (χ4v) is 2.64. The van der Waals surface area contributed by atoms with E-state index in [9.17, 15) is 5.11 Å². The second-order valence-electron chi connectivity index (χ2n) is 7.24. The maximum Gasteiger partial charge on any atom is 0.178 e. The predicted molar refractivity (Wildman–Crippen MR) is 103 cm³/mol. The van der Waals surface area contributed by atoms with Gasteiger partial charge in [-0.2, -0.15) is 0 Å². The minimum Gasteiger partial charge on any atom is -0.489 e. The zero-order valence-corrected chi connectivity index (χ0v) is 15.7. The molecule has 0 heterocycles. The number of aliphatic hydroxyl groups is 3. The summed E-state index contributed by atoms with van der Waals surface area (Å²) in [5.74, 6) is 0.781. The summed E-state index contributed by atoms with van der Waals surface area (Å²) >= 11 is 0. The summed E-state index contributed by atoms with van der Waals surface area (Å²) in [6.07, 6.45) is 0.216. The first-order chi connectivity index (χ1) is 12.2. The number of aliphatic hydroxyl groups excluding tert-OH is 1. The van der Waals surface area contributed by atoms with Crippen LogP contribution in [0.1, 0.15) is 44.1 Å². The lowest BCUT2D eigenvalue weighted by Crippen LogP contribution is -2.23. The third-order valence-corrected chi connectivity index (χ3v) is 4.22. The molecule has 0 unspecified atom stereocenters. The molecule has 0 amide bonds. The van der Waals surface area contributed by atoms with E-state index in [0.29, 0.717) is 12.2 Å². The molecule has 5 nitrogen and oxygen atoms in total. The first kappa shape index (κ1) is 20.2. The summed E-state index contributed by atoms with van der Waals surface area (Å²) in [5, 5.41) is 28.0. The van der Waals surface area contributed by atoms with Crippen LogP contribution < -0.4 is 9.64 Å². The zero-order chi connectivity index (χ0) is 19.2. The van der Waals surface area contributed by atoms with Crippen LogP contribution in [0.15, 0.2) is 48.5 Å². The topological polar surface area (TPSA) is 73.2 Å². The molecule has 0 aliphatic rings. The monoisotopic (exact) mass is 359 g/mol. The first-order valence-electron chi connectivity index (χ1n) is 8.86. The summed E-state index contributed by atoms with van der Waals surface area (Å²) in [6.45, 7) is 4.93. The van der Waals surface area contributed by atoms with Gasteiger partial charge >= 0.3 is 0 Å². The first-order valence-corrected chi connectivity index (χ1v) is 8.86. The minimum atomic E-state index is -1.45. The Morgan fingerprint density at radius 1 is 1.08 bits per heavy atom. The summed E-state index contributed by atoms with van der Waals surface area (Å²) in [7, 11) is 2.03. The summed E-state index contributed by atoms with van der Waals surface area (Å²) < 4.78 is 5.85. The molecule has 2 rings (SSSR count). The smallest absolute Gasteiger partial charge is 0.178 e. The standard InChI is InChI=1S/C21H29NO4/c1-21(2,25)12-5-13-22(3)18-6-4-7-19(14-18)26-15-16-8-10-17(11-9-16)20(23)24/h4,6-11,14,20,23-25H,5,12-13,15H2,1-3H3. The van der Waals surface area contributed by atoms with Gasteiger partial charge < -0.3 is 25.0 Å². The van der Waals surface area contributed by atoms with Gasteiger partial charge in [-0.1, -0.05) is 30.3 Å². The van der Waals surface area contributed by atoms with Crippen LogP contribution in [0.25, 0.3) is 0 Å². The summed E-state index contributed by atoms with van der Waals surface area (Å²) in [5.41, 5.74) is 1.85. The maximum absolute atomic E-state index is 9.80. The van der Waals surface area contributed by atoms with Crippen molar-refractivity contribution in [2.45, 2.75) is 45.2 Å². The Labute approximate surface area is 155 Å². The van der Waals surface area contributed by atoms with Crippen molar-refractivity contribution in [3.05, 3.63) is 59.7 Å². The van der Waals surface area contributed by atoms with E-state index < -0.39 is 11.9 Å². The van der Waals surface area contributed by atoms with Gasteiger partial charge in [-0.15, -0.1) is 0 Å². The van der Waals surface area contributed by atoms with Crippen molar-refractivity contribution in [2.75, 3.05) is 18.5 Å². The van der Waals surface area contributed by atoms with Gasteiger partial charge in [0.05, 0.1) is 5.60 Å². The molecule has 2 aromatic rings. The second kappa shape index (κ2) is 9.03. The molecule has 0 atom stereocenters. The van der Waals surface area contributed by atoms with Crippen LogP contribution in [0.3, 0.4) is 0 Å². The Morgan fingerprint density at radius 2 is 1.77 bits per heavy atom. The van der Waals surface area contributed by atoms with Gasteiger partial charge in [-0.05, 0) is 44.4 Å². The van der Waals surface area contributed by atoms with Crippen molar-refractivity contribution in [3.63, 3.8) is 0 Å². The van der Waals surface area contributed by atoms with E-state index >= 15 is 0 Å². The second-order valence-corrected chi connectivity index (χ2v) is 7.24. The van der Waals surface area contributed by atoms with Crippen LogP contribution in [0, 0.1) is 0 Å². The van der Waals surface area contributed by atoms with Gasteiger partial charge in [0.2, 0.25) is 0 Å². The van der Waals surface area contributed by atoms with Gasteiger partial charge in [0, 0.05) is 30.9 Å². The van der Waals surface area contributed by atoms with E-state index in [-0.39, 0.29) is 0 Å². The molecular weight excluding hydrogens is 330 g/mol. The highest BCUT2D eigenvalue weighted by atomic mass is 16.5. The van der Waals surface area contributed by atoms with Crippen LogP contribution in [-0.4, -0.2) is 34.5 Å². The molecule has 3 N–H and O–H groups in total. The van der Waals surface area contributed by atoms with Gasteiger partial charge in [0.25, 0.3) is 0 Å². The van der Waals surface area contributed by atoms with Crippen molar-refractivity contribution in [3.8, 4) is 5.75 Å². The van der Waals surface area contributed by atoms with Crippen LogP contribution >= 0.6 is 0 Å². The average molecular weight is 359 g/mol. The van der Waals surface area contributed by atoms with Gasteiger partial charge in [0.15, 0.2) is 6.29 Å². The van der Waals surface area contributed by atoms with E-state index in [1.165, 1.54) is 0 Å². The number of hydrogen-bond acceptors (Lipinski definition) is 5. The molecule has 26 heavy (non-hydrogen) atoms. The van der Waals surface area contributed by atoms with Crippen LogP contribution in [0.4, 0.5) is 5.69 Å². The number of ether oxygens (including phenoxy) is 1. The van der Waals surface area contributed by atoms with Gasteiger partial charge in [-0.25, -0.2) is 0 Å². The molecule has 0 bridgehead atoms. The summed E-state index contributed by atoms with van der Waals surface area (Å²) in [6, 6.07) is 14.9. The van der Waals surface area contributed by atoms with Crippen molar-refractivity contribution >= 4 is 5.69 Å². The third-order valence-electron chi connectivity index (χ3n) is 4.22. The Kier molecular flexibility index (Phi) is 7.03. The lowest BCUT2D eigenvalue weighted by molar-refractivity contribution is -0.0425. The minimum absolute atomic E-state index is 0.410. The van der Waals surface area contributed by atoms with Gasteiger partial charge in [0.1, 0.15) is 12.4 Å². The number of anilines is 1. The number of hydrogen-bond donors (Lipinski definition) is 3. The lowest BCUT2D eigenvalue weighted by atomic mass is 10.0. The molecule has 2 aromatic carbocycles. The molecule has 0 saturated carbocycles. The molecule has 0 saturated heterocycles. The molecule has 142 valence electrons. The van der Waals surface area contributed by atoms with Crippen molar-refractivity contribution in [1.82, 2.24) is 0 Å². The van der Waals surface area contributed by atoms with Crippen LogP contribution in [0.2, 0.25) is 0 Å². The van der Waals surface area contributed by atoms with E-state index in [2.05, 4.69) is 4.90 Å². The Hall–Kier alpha value is -2.08. The number of benzene rings is 2. The number of rotatable bonds is 9. The number of nitrogens with zero attached hydrogens (tertiary/aromatic N) is 1. The Morgan fingerprint density at radius 3 is 2.38 bits per heavy atom. The van der Waals surface area contributed by atoms with Gasteiger partial charge in [-0.3, -0.25) is 0 Å². The largest absolute Gasteiger partial charge is 0.489 e. The Balaban J connectivity index is 1.89. The molecule has 0 fully saturated rings. The Bertz CT molecular complexity index is 677. The highest BCUT2D eigenvalue weighted by Crippen LogP contribution is 2.22. The SMILES string of the molecule is CN(CCCC(C)(C)O)c1cccc(OCc2ccc(C(O)O)cc2)c1. The maximum atomic E-state index is 9.80. The van der Waals surface area contributed by atoms with Crippen LogP contribution in [-0.2, 0) is 6.61 Å². The molecular formula is C21H29NO4. The van der Waals surface area contributed by atoms with E-state index in [4.69, 9.17) is 14.9 Å². The highest BCUT2D eigenvalue weighted by Gasteiger charge is 2.12. The lowest BCUT2D eigenvalue weighted by Gasteiger charge is -2.23. The van der Waals surface area contributed by atoms with E-state index in [0.717, 1.165) is 36.4 Å². The third kappa shape index (κ3) is 6.67. The summed E-state index contributed by atoms with van der Waals surface area (Å²) in [4.78, 5) is 2.15. The van der Waals surface area contributed by atoms with E-state index in [1.54, 1.807) is 12.1 Å².